The number of thiazole rings is 1. The monoisotopic (exact) mass is 564 g/mol. The highest BCUT2D eigenvalue weighted by Crippen LogP contribution is 2.38. The highest BCUT2D eigenvalue weighted by Gasteiger charge is 2.39. The molecule has 2 N–H and O–H groups in total. The van der Waals surface area contributed by atoms with E-state index in [4.69, 9.17) is 4.74 Å². The van der Waals surface area contributed by atoms with E-state index in [1.54, 1.807) is 13.8 Å². The van der Waals surface area contributed by atoms with Gasteiger partial charge < -0.3 is 15.2 Å². The number of aliphatic hydroxyl groups is 1. The topological polar surface area (TPSA) is 121 Å². The maximum absolute atomic E-state index is 13.7. The van der Waals surface area contributed by atoms with Crippen molar-refractivity contribution in [1.29, 1.82) is 0 Å². The van der Waals surface area contributed by atoms with Crippen LogP contribution in [0.15, 0.2) is 12.4 Å². The number of alkyl halides is 3. The summed E-state index contributed by atoms with van der Waals surface area (Å²) in [6.07, 6.45) is -1.81. The second kappa shape index (κ2) is 10.7. The van der Waals surface area contributed by atoms with Crippen molar-refractivity contribution in [3.05, 3.63) is 22.8 Å². The van der Waals surface area contributed by atoms with Crippen LogP contribution in [-0.2, 0) is 27.5 Å². The summed E-state index contributed by atoms with van der Waals surface area (Å²) < 4.78 is 75.3. The average Bonchev–Trinajstić information content (AvgIpc) is 3.27. The highest BCUT2D eigenvalue weighted by atomic mass is 32.2. The van der Waals surface area contributed by atoms with Gasteiger partial charge in [0.05, 0.1) is 18.8 Å². The number of ether oxygens (including phenoxy) is 1. The second-order valence-corrected chi connectivity index (χ2v) is 13.0. The summed E-state index contributed by atoms with van der Waals surface area (Å²) >= 11 is 1.04. The number of nitrogens with zero attached hydrogens (tertiary/aromatic N) is 5. The van der Waals surface area contributed by atoms with E-state index in [-0.39, 0.29) is 48.1 Å². The summed E-state index contributed by atoms with van der Waals surface area (Å²) in [4.78, 5) is 12.8. The first-order valence-electron chi connectivity index (χ1n) is 12.0. The fraction of sp³-hybridized carbons (Fsp3) is 0.682. The Kier molecular flexibility index (Phi) is 8.12. The predicted molar refractivity (Wildman–Crippen MR) is 132 cm³/mol. The highest BCUT2D eigenvalue weighted by molar-refractivity contribution is 7.86. The average molecular weight is 565 g/mol. The third-order valence-corrected chi connectivity index (χ3v) is 9.27. The van der Waals surface area contributed by atoms with Crippen LogP contribution < -0.4 is 5.32 Å². The van der Waals surface area contributed by atoms with E-state index in [0.717, 1.165) is 17.5 Å². The minimum absolute atomic E-state index is 0.0172. The summed E-state index contributed by atoms with van der Waals surface area (Å²) in [6.45, 7) is 6.97. The molecule has 2 saturated heterocycles. The summed E-state index contributed by atoms with van der Waals surface area (Å²) in [7, 11) is -3.61. The van der Waals surface area contributed by atoms with Crippen LogP contribution in [0.25, 0.3) is 10.7 Å². The van der Waals surface area contributed by atoms with Gasteiger partial charge in [-0.05, 0) is 26.2 Å². The van der Waals surface area contributed by atoms with Crippen LogP contribution >= 0.6 is 11.3 Å². The predicted octanol–water partition coefficient (Wildman–Crippen LogP) is 2.63. The number of nitrogens with one attached hydrogen (secondary N) is 1. The molecule has 0 amide bonds. The van der Waals surface area contributed by atoms with Crippen LogP contribution in [0.2, 0.25) is 0 Å². The number of halogens is 3. The van der Waals surface area contributed by atoms with Gasteiger partial charge in [0, 0.05) is 55.9 Å². The molecule has 0 unspecified atom stereocenters. The molecule has 2 aromatic heterocycles. The summed E-state index contributed by atoms with van der Waals surface area (Å²) in [5.74, 6) is -0.124. The molecule has 2 aliphatic heterocycles. The number of piperidine rings is 1. The Hall–Kier alpha value is -1.91. The Balaban J connectivity index is 1.51. The molecule has 4 heterocycles. The maximum Gasteiger partial charge on any atom is 0.420 e. The van der Waals surface area contributed by atoms with Gasteiger partial charge >= 0.3 is 6.18 Å². The van der Waals surface area contributed by atoms with Crippen LogP contribution in [0, 0.1) is 5.92 Å². The maximum atomic E-state index is 13.7. The Morgan fingerprint density at radius 3 is 2.49 bits per heavy atom. The SMILES string of the molecule is C[C@@H]1CN(S(=O)(=O)N2CCOCC2)CC[C@@H]1Nc1ncc(C(F)(F)F)c(-c2ncc(CC(C)(C)O)s2)n1. The molecule has 206 valence electrons. The van der Waals surface area contributed by atoms with Crippen molar-refractivity contribution >= 4 is 27.5 Å². The van der Waals surface area contributed by atoms with Gasteiger partial charge in [-0.1, -0.05) is 6.92 Å². The zero-order valence-corrected chi connectivity index (χ0v) is 22.5. The van der Waals surface area contributed by atoms with Gasteiger partial charge in [-0.3, -0.25) is 0 Å². The molecule has 0 radical (unpaired) electrons. The van der Waals surface area contributed by atoms with E-state index < -0.39 is 27.6 Å². The van der Waals surface area contributed by atoms with E-state index in [1.807, 2.05) is 6.92 Å². The number of morpholine rings is 1. The van der Waals surface area contributed by atoms with E-state index in [9.17, 15) is 26.7 Å². The number of aromatic nitrogens is 3. The molecule has 0 bridgehead atoms. The lowest BCUT2D eigenvalue weighted by Crippen LogP contribution is -2.54. The van der Waals surface area contributed by atoms with Crippen LogP contribution in [-0.4, -0.2) is 88.1 Å². The Labute approximate surface area is 218 Å². The zero-order chi connectivity index (χ0) is 27.0. The lowest BCUT2D eigenvalue weighted by molar-refractivity contribution is -0.137. The van der Waals surface area contributed by atoms with Crippen molar-refractivity contribution in [3.8, 4) is 10.7 Å². The lowest BCUT2D eigenvalue weighted by atomic mass is 9.95. The molecule has 0 aromatic carbocycles. The molecule has 2 aromatic rings. The van der Waals surface area contributed by atoms with Crippen LogP contribution in [0.3, 0.4) is 0 Å². The van der Waals surface area contributed by atoms with Crippen molar-refractivity contribution < 1.29 is 31.4 Å². The lowest BCUT2D eigenvalue weighted by Gasteiger charge is -2.39. The van der Waals surface area contributed by atoms with Gasteiger partial charge in [0.1, 0.15) is 16.3 Å². The Bertz CT molecular complexity index is 1200. The van der Waals surface area contributed by atoms with Crippen LogP contribution in [0.4, 0.5) is 19.1 Å². The molecule has 2 fully saturated rings. The molecule has 4 rings (SSSR count). The molecular formula is C22H31F3N6O4S2. The normalized spacial score (nSPS) is 22.8. The summed E-state index contributed by atoms with van der Waals surface area (Å²) in [6, 6.07) is -0.234. The molecule has 0 aliphatic carbocycles. The molecule has 0 saturated carbocycles. The van der Waals surface area contributed by atoms with Crippen molar-refractivity contribution in [2.75, 3.05) is 44.7 Å². The number of rotatable bonds is 7. The molecule has 15 heteroatoms. The third kappa shape index (κ3) is 6.75. The largest absolute Gasteiger partial charge is 0.420 e. The Morgan fingerprint density at radius 1 is 1.16 bits per heavy atom. The first-order chi connectivity index (χ1) is 17.2. The van der Waals surface area contributed by atoms with Gasteiger partial charge in [0.15, 0.2) is 0 Å². The van der Waals surface area contributed by atoms with E-state index in [0.29, 0.717) is 37.6 Å². The van der Waals surface area contributed by atoms with E-state index >= 15 is 0 Å². The minimum Gasteiger partial charge on any atom is -0.390 e. The molecule has 2 aliphatic rings. The quantitative estimate of drug-likeness (QED) is 0.527. The fourth-order valence-corrected chi connectivity index (χ4v) is 7.22. The summed E-state index contributed by atoms with van der Waals surface area (Å²) in [5, 5.41) is 13.2. The number of anilines is 1. The smallest absolute Gasteiger partial charge is 0.390 e. The van der Waals surface area contributed by atoms with Gasteiger partial charge in [0.25, 0.3) is 10.2 Å². The van der Waals surface area contributed by atoms with Crippen molar-refractivity contribution in [2.45, 2.75) is 51.4 Å². The van der Waals surface area contributed by atoms with E-state index in [2.05, 4.69) is 20.3 Å². The zero-order valence-electron chi connectivity index (χ0n) is 20.8. The number of hydrogen-bond acceptors (Lipinski definition) is 9. The van der Waals surface area contributed by atoms with Gasteiger partial charge in [-0.15, -0.1) is 11.3 Å². The van der Waals surface area contributed by atoms with Crippen molar-refractivity contribution in [3.63, 3.8) is 0 Å². The third-order valence-electron chi connectivity index (χ3n) is 6.26. The molecule has 37 heavy (non-hydrogen) atoms. The molecule has 2 atom stereocenters. The van der Waals surface area contributed by atoms with Crippen molar-refractivity contribution in [2.24, 2.45) is 5.92 Å². The summed E-state index contributed by atoms with van der Waals surface area (Å²) in [5.41, 5.74) is -2.37. The van der Waals surface area contributed by atoms with Crippen LogP contribution in [0.5, 0.6) is 0 Å². The molecule has 10 nitrogen and oxygen atoms in total. The standard InChI is InChI=1S/C22H31F3N6O4S2/c1-14-13-31(37(33,34)30-6-8-35-9-7-30)5-4-17(14)28-20-27-12-16(22(23,24)25)18(29-20)19-26-11-15(36-19)10-21(2,3)32/h11-12,14,17,32H,4-10,13H2,1-3H3,(H,27,28,29)/t14-,17+/m1/s1. The minimum atomic E-state index is -4.68. The second-order valence-electron chi connectivity index (χ2n) is 9.97. The number of hydrogen-bond donors (Lipinski definition) is 2. The van der Waals surface area contributed by atoms with Crippen molar-refractivity contribution in [1.82, 2.24) is 23.6 Å². The molecule has 0 spiro atoms. The molecular weight excluding hydrogens is 533 g/mol. The Morgan fingerprint density at radius 2 is 1.86 bits per heavy atom. The first-order valence-corrected chi connectivity index (χ1v) is 14.2. The van der Waals surface area contributed by atoms with E-state index in [1.165, 1.54) is 14.8 Å². The fourth-order valence-electron chi connectivity index (χ4n) is 4.38. The van der Waals surface area contributed by atoms with Gasteiger partial charge in [-0.25, -0.2) is 15.0 Å². The first kappa shape index (κ1) is 28.1. The van der Waals surface area contributed by atoms with Crippen LogP contribution in [0.1, 0.15) is 37.6 Å². The van der Waals surface area contributed by atoms with Gasteiger partial charge in [0.2, 0.25) is 5.95 Å². The van der Waals surface area contributed by atoms with Gasteiger partial charge in [-0.2, -0.15) is 30.2 Å².